The summed E-state index contributed by atoms with van der Waals surface area (Å²) < 4.78 is 17.1. The molecule has 0 saturated heterocycles. The maximum absolute atomic E-state index is 12.7. The van der Waals surface area contributed by atoms with Crippen LogP contribution in [0.3, 0.4) is 0 Å². The molecule has 0 unspecified atom stereocenters. The van der Waals surface area contributed by atoms with E-state index < -0.39 is 0 Å². The summed E-state index contributed by atoms with van der Waals surface area (Å²) in [5.41, 5.74) is 0. The Hall–Kier alpha value is -1.81. The molecule has 0 atom stereocenters. The van der Waals surface area contributed by atoms with E-state index in [2.05, 4.69) is 19.1 Å². The Bertz CT molecular complexity index is 792. The Kier molecular flexibility index (Phi) is 10.8. The van der Waals surface area contributed by atoms with E-state index in [0.29, 0.717) is 18.5 Å². The van der Waals surface area contributed by atoms with E-state index in [9.17, 15) is 4.79 Å². The van der Waals surface area contributed by atoms with Gasteiger partial charge in [-0.05, 0) is 138 Å². The van der Waals surface area contributed by atoms with Gasteiger partial charge in [0, 0.05) is 6.61 Å². The minimum Gasteiger partial charge on any atom is -0.494 e. The van der Waals surface area contributed by atoms with Gasteiger partial charge in [-0.25, -0.2) is 0 Å². The van der Waals surface area contributed by atoms with Crippen molar-refractivity contribution in [3.05, 3.63) is 36.4 Å². The Morgan fingerprint density at radius 1 is 0.750 bits per heavy atom. The van der Waals surface area contributed by atoms with Crippen LogP contribution in [-0.4, -0.2) is 25.3 Å². The summed E-state index contributed by atoms with van der Waals surface area (Å²) in [6.45, 7) is 5.71. The zero-order valence-electron chi connectivity index (χ0n) is 22.7. The van der Waals surface area contributed by atoms with Crippen molar-refractivity contribution < 1.29 is 19.0 Å². The summed E-state index contributed by atoms with van der Waals surface area (Å²) in [6.07, 6.45) is 21.5. The molecule has 0 amide bonds. The van der Waals surface area contributed by atoms with Gasteiger partial charge < -0.3 is 14.2 Å². The number of hydrogen-bond acceptors (Lipinski definition) is 4. The molecule has 0 N–H and O–H groups in total. The molecule has 3 saturated carbocycles. The fourth-order valence-corrected chi connectivity index (χ4v) is 6.65. The molecule has 3 aliphatic carbocycles. The Balaban J connectivity index is 1.12. The fourth-order valence-electron chi connectivity index (χ4n) is 6.65. The predicted octanol–water partition coefficient (Wildman–Crippen LogP) is 8.15. The number of benzene rings is 1. The number of rotatable bonds is 10. The van der Waals surface area contributed by atoms with Gasteiger partial charge in [0.2, 0.25) is 0 Å². The lowest BCUT2D eigenvalue weighted by Gasteiger charge is -2.37. The molecule has 3 aliphatic rings. The van der Waals surface area contributed by atoms with Gasteiger partial charge in [-0.1, -0.05) is 19.1 Å². The zero-order chi connectivity index (χ0) is 25.2. The highest BCUT2D eigenvalue weighted by Crippen LogP contribution is 2.42. The van der Waals surface area contributed by atoms with E-state index in [1.165, 1.54) is 64.2 Å². The van der Waals surface area contributed by atoms with Crippen LogP contribution >= 0.6 is 0 Å². The minimum absolute atomic E-state index is 0.0505. The second-order valence-corrected chi connectivity index (χ2v) is 11.4. The van der Waals surface area contributed by atoms with Gasteiger partial charge in [0.15, 0.2) is 0 Å². The van der Waals surface area contributed by atoms with E-state index in [1.54, 1.807) is 0 Å². The van der Waals surface area contributed by atoms with Crippen LogP contribution in [0.2, 0.25) is 0 Å². The number of hydrogen-bond donors (Lipinski definition) is 0. The fraction of sp³-hybridized carbons (Fsp3) is 0.719. The lowest BCUT2D eigenvalue weighted by Crippen LogP contribution is -2.30. The number of ether oxygens (including phenoxy) is 3. The standard InChI is InChI=1S/C32H48O4/c1-3-23-35-30-17-9-25(10-18-30)6-5-24-7-11-26(12-8-24)27-13-15-28(16-14-27)32(33)36-31-21-19-29(20-22-31)34-4-2/h5-6,19-22,24-28,30H,3-4,7-18,23H2,1-2H3/b6-5+. The molecule has 0 bridgehead atoms. The first-order chi connectivity index (χ1) is 17.6. The van der Waals surface area contributed by atoms with Gasteiger partial charge in [-0.15, -0.1) is 0 Å². The molecule has 1 aromatic rings. The van der Waals surface area contributed by atoms with Gasteiger partial charge in [0.05, 0.1) is 18.6 Å². The molecule has 0 radical (unpaired) electrons. The summed E-state index contributed by atoms with van der Waals surface area (Å²) in [6, 6.07) is 7.38. The maximum atomic E-state index is 12.7. The molecular formula is C32H48O4. The third kappa shape index (κ3) is 8.10. The molecular weight excluding hydrogens is 448 g/mol. The first kappa shape index (κ1) is 27.2. The highest BCUT2D eigenvalue weighted by atomic mass is 16.5. The van der Waals surface area contributed by atoms with Gasteiger partial charge in [0.25, 0.3) is 0 Å². The normalized spacial score (nSPS) is 31.3. The Morgan fingerprint density at radius 3 is 1.83 bits per heavy atom. The molecule has 4 rings (SSSR count). The molecule has 0 aromatic heterocycles. The molecule has 0 heterocycles. The molecule has 36 heavy (non-hydrogen) atoms. The average molecular weight is 497 g/mol. The molecule has 4 nitrogen and oxygen atoms in total. The smallest absolute Gasteiger partial charge is 0.314 e. The van der Waals surface area contributed by atoms with E-state index in [1.807, 2.05) is 31.2 Å². The van der Waals surface area contributed by atoms with Crippen LogP contribution < -0.4 is 9.47 Å². The lowest BCUT2D eigenvalue weighted by molar-refractivity contribution is -0.140. The van der Waals surface area contributed by atoms with Crippen molar-refractivity contribution in [3.63, 3.8) is 0 Å². The topological polar surface area (TPSA) is 44.8 Å². The summed E-state index contributed by atoms with van der Waals surface area (Å²) >= 11 is 0. The van der Waals surface area contributed by atoms with Crippen LogP contribution in [0.15, 0.2) is 36.4 Å². The number of carbonyl (C=O) groups is 1. The van der Waals surface area contributed by atoms with E-state index in [4.69, 9.17) is 14.2 Å². The maximum Gasteiger partial charge on any atom is 0.314 e. The highest BCUT2D eigenvalue weighted by Gasteiger charge is 2.33. The van der Waals surface area contributed by atoms with Crippen molar-refractivity contribution in [2.75, 3.05) is 13.2 Å². The Morgan fingerprint density at radius 2 is 1.28 bits per heavy atom. The van der Waals surface area contributed by atoms with Gasteiger partial charge in [-0.2, -0.15) is 0 Å². The lowest BCUT2D eigenvalue weighted by atomic mass is 9.69. The third-order valence-electron chi connectivity index (χ3n) is 8.87. The van der Waals surface area contributed by atoms with Crippen LogP contribution in [-0.2, 0) is 9.53 Å². The second kappa shape index (κ2) is 14.2. The average Bonchev–Trinajstić information content (AvgIpc) is 2.93. The van der Waals surface area contributed by atoms with Crippen molar-refractivity contribution in [2.24, 2.45) is 29.6 Å². The number of carbonyl (C=O) groups excluding carboxylic acids is 1. The first-order valence-corrected chi connectivity index (χ1v) is 14.9. The van der Waals surface area contributed by atoms with Crippen molar-refractivity contribution in [1.29, 1.82) is 0 Å². The van der Waals surface area contributed by atoms with E-state index in [-0.39, 0.29) is 11.9 Å². The van der Waals surface area contributed by atoms with Crippen LogP contribution in [0.4, 0.5) is 0 Å². The van der Waals surface area contributed by atoms with Gasteiger partial charge in [0.1, 0.15) is 11.5 Å². The van der Waals surface area contributed by atoms with Crippen molar-refractivity contribution in [3.8, 4) is 11.5 Å². The van der Waals surface area contributed by atoms with Gasteiger partial charge >= 0.3 is 5.97 Å². The Labute approximate surface area is 219 Å². The van der Waals surface area contributed by atoms with Crippen LogP contribution in [0, 0.1) is 29.6 Å². The van der Waals surface area contributed by atoms with E-state index >= 15 is 0 Å². The summed E-state index contributed by atoms with van der Waals surface area (Å²) in [7, 11) is 0. The quantitative estimate of drug-likeness (QED) is 0.186. The van der Waals surface area contributed by atoms with Crippen LogP contribution in [0.5, 0.6) is 11.5 Å². The summed E-state index contributed by atoms with van der Waals surface area (Å²) in [5, 5.41) is 0. The summed E-state index contributed by atoms with van der Waals surface area (Å²) in [5.74, 6) is 4.61. The molecule has 3 fully saturated rings. The SMILES string of the molecule is CCCOC1CCC(/C=C/C2CCC(C3CCC(C(=O)Oc4ccc(OCC)cc4)CC3)CC2)CC1. The minimum atomic E-state index is -0.0579. The van der Waals surface area contributed by atoms with Crippen LogP contribution in [0.1, 0.15) is 97.3 Å². The number of allylic oxidation sites excluding steroid dienone is 2. The van der Waals surface area contributed by atoms with Crippen LogP contribution in [0.25, 0.3) is 0 Å². The molecule has 200 valence electrons. The summed E-state index contributed by atoms with van der Waals surface area (Å²) in [4.78, 5) is 12.7. The molecule has 4 heteroatoms. The second-order valence-electron chi connectivity index (χ2n) is 11.4. The third-order valence-corrected chi connectivity index (χ3v) is 8.87. The zero-order valence-corrected chi connectivity index (χ0v) is 22.7. The van der Waals surface area contributed by atoms with Crippen molar-refractivity contribution in [1.82, 2.24) is 0 Å². The predicted molar refractivity (Wildman–Crippen MR) is 145 cm³/mol. The molecule has 0 spiro atoms. The molecule has 1 aromatic carbocycles. The van der Waals surface area contributed by atoms with Crippen molar-refractivity contribution >= 4 is 5.97 Å². The van der Waals surface area contributed by atoms with Gasteiger partial charge in [-0.3, -0.25) is 4.79 Å². The van der Waals surface area contributed by atoms with E-state index in [0.717, 1.165) is 55.3 Å². The first-order valence-electron chi connectivity index (χ1n) is 14.9. The molecule has 0 aliphatic heterocycles. The largest absolute Gasteiger partial charge is 0.494 e. The van der Waals surface area contributed by atoms with Crippen molar-refractivity contribution in [2.45, 2.75) is 103 Å². The highest BCUT2D eigenvalue weighted by molar-refractivity contribution is 5.75. The monoisotopic (exact) mass is 496 g/mol. The number of esters is 1.